The fourth-order valence-electron chi connectivity index (χ4n) is 2.70. The molecule has 0 saturated heterocycles. The molecule has 1 aromatic rings. The maximum absolute atomic E-state index is 12.3. The first-order chi connectivity index (χ1) is 14.0. The largest absolute Gasteiger partial charge is 0.508 e. The number of rotatable bonds is 11. The Morgan fingerprint density at radius 1 is 1.17 bits per heavy atom. The van der Waals surface area contributed by atoms with Gasteiger partial charge in [0, 0.05) is 6.42 Å². The molecule has 0 fully saturated rings. The summed E-state index contributed by atoms with van der Waals surface area (Å²) < 4.78 is 1.13. The molecule has 30 heavy (non-hydrogen) atoms. The van der Waals surface area contributed by atoms with Gasteiger partial charge in [-0.25, -0.2) is 4.79 Å². The zero-order chi connectivity index (χ0) is 22.7. The number of aromatic hydroxyl groups is 1. The van der Waals surface area contributed by atoms with Crippen molar-refractivity contribution >= 4 is 27.8 Å². The van der Waals surface area contributed by atoms with Gasteiger partial charge in [-0.3, -0.25) is 4.79 Å². The number of hydrogen-bond acceptors (Lipinski definition) is 3. The van der Waals surface area contributed by atoms with Crippen LogP contribution < -0.4 is 5.32 Å². The molecule has 0 unspecified atom stereocenters. The van der Waals surface area contributed by atoms with E-state index in [0.29, 0.717) is 0 Å². The lowest BCUT2D eigenvalue weighted by Crippen LogP contribution is -2.41. The molecule has 0 aliphatic heterocycles. The molecule has 0 aliphatic rings. The molecule has 0 aliphatic carbocycles. The standard InChI is InChI=1S/C24H32BrNO4/c1-17(6-5-7-18(2)25)12-14-24(3,4)15-13-22(28)26-21(23(29)30)16-19-8-10-20(27)11-9-19/h7-13,15,21,27H,5-6,14,16H2,1-4H3,(H,26,28)(H,29,30)/b15-13+,17-12+,18-7+/t21-/m0/s1. The third-order valence-corrected chi connectivity index (χ3v) is 4.94. The van der Waals surface area contributed by atoms with E-state index < -0.39 is 17.9 Å². The van der Waals surface area contributed by atoms with Crippen molar-refractivity contribution in [2.75, 3.05) is 0 Å². The van der Waals surface area contributed by atoms with Crippen LogP contribution in [0, 0.1) is 5.41 Å². The van der Waals surface area contributed by atoms with Gasteiger partial charge in [0.2, 0.25) is 5.91 Å². The molecule has 1 amide bonds. The molecule has 1 rings (SSSR count). The Hall–Kier alpha value is -2.34. The number of amides is 1. The van der Waals surface area contributed by atoms with Crippen molar-refractivity contribution in [3.63, 3.8) is 0 Å². The first kappa shape index (κ1) is 25.7. The van der Waals surface area contributed by atoms with Gasteiger partial charge in [0.05, 0.1) is 0 Å². The summed E-state index contributed by atoms with van der Waals surface area (Å²) >= 11 is 3.42. The number of hydrogen-bond donors (Lipinski definition) is 3. The second kappa shape index (κ2) is 12.4. The lowest BCUT2D eigenvalue weighted by Gasteiger charge is -2.19. The molecule has 0 heterocycles. The number of carboxylic acids is 1. The second-order valence-corrected chi connectivity index (χ2v) is 9.43. The number of benzene rings is 1. The number of carboxylic acid groups (broad SMARTS) is 1. The fourth-order valence-corrected chi connectivity index (χ4v) is 2.92. The van der Waals surface area contributed by atoms with E-state index in [1.807, 2.05) is 26.8 Å². The van der Waals surface area contributed by atoms with E-state index in [-0.39, 0.29) is 17.6 Å². The molecule has 164 valence electrons. The van der Waals surface area contributed by atoms with Crippen LogP contribution in [0.1, 0.15) is 52.5 Å². The van der Waals surface area contributed by atoms with Crippen LogP contribution >= 0.6 is 15.9 Å². The van der Waals surface area contributed by atoms with E-state index in [4.69, 9.17) is 0 Å². The van der Waals surface area contributed by atoms with Crippen LogP contribution in [-0.4, -0.2) is 28.1 Å². The van der Waals surface area contributed by atoms with Crippen molar-refractivity contribution in [3.05, 3.63) is 64.2 Å². The minimum Gasteiger partial charge on any atom is -0.508 e. The lowest BCUT2D eigenvalue weighted by atomic mass is 9.87. The number of carbonyl (C=O) groups is 2. The molecule has 0 radical (unpaired) electrons. The van der Waals surface area contributed by atoms with Crippen LogP contribution in [0.4, 0.5) is 0 Å². The van der Waals surface area contributed by atoms with E-state index in [1.54, 1.807) is 12.1 Å². The van der Waals surface area contributed by atoms with Gasteiger partial charge in [-0.1, -0.05) is 65.7 Å². The third-order valence-electron chi connectivity index (χ3n) is 4.62. The maximum atomic E-state index is 12.3. The summed E-state index contributed by atoms with van der Waals surface area (Å²) in [5.74, 6) is -1.43. The zero-order valence-corrected chi connectivity index (χ0v) is 19.7. The van der Waals surface area contributed by atoms with Gasteiger partial charge in [0.15, 0.2) is 0 Å². The number of aliphatic carboxylic acids is 1. The molecule has 0 aromatic heterocycles. The van der Waals surface area contributed by atoms with Crippen molar-refractivity contribution in [1.82, 2.24) is 5.32 Å². The Labute approximate surface area is 187 Å². The maximum Gasteiger partial charge on any atom is 0.326 e. The number of phenolic OH excluding ortho intramolecular Hbond substituents is 1. The molecule has 0 bridgehead atoms. The monoisotopic (exact) mass is 477 g/mol. The Morgan fingerprint density at radius 2 is 1.80 bits per heavy atom. The highest BCUT2D eigenvalue weighted by Gasteiger charge is 2.20. The molecule has 1 aromatic carbocycles. The molecular weight excluding hydrogens is 446 g/mol. The summed E-state index contributed by atoms with van der Waals surface area (Å²) in [7, 11) is 0. The number of allylic oxidation sites excluding steroid dienone is 5. The zero-order valence-electron chi connectivity index (χ0n) is 18.1. The molecule has 3 N–H and O–H groups in total. The summed E-state index contributed by atoms with van der Waals surface area (Å²) in [6.45, 7) is 8.19. The predicted octanol–water partition coefficient (Wildman–Crippen LogP) is 5.50. The van der Waals surface area contributed by atoms with E-state index in [9.17, 15) is 19.8 Å². The van der Waals surface area contributed by atoms with Crippen molar-refractivity contribution < 1.29 is 19.8 Å². The van der Waals surface area contributed by atoms with Crippen LogP contribution in [0.25, 0.3) is 0 Å². The Kier molecular flexibility index (Phi) is 10.6. The third kappa shape index (κ3) is 11.0. The molecule has 1 atom stereocenters. The first-order valence-corrected chi connectivity index (χ1v) is 10.8. The van der Waals surface area contributed by atoms with Crippen LogP contribution in [-0.2, 0) is 16.0 Å². The number of halogens is 1. The fraction of sp³-hybridized carbons (Fsp3) is 0.417. The van der Waals surface area contributed by atoms with Crippen molar-refractivity contribution in [1.29, 1.82) is 0 Å². The van der Waals surface area contributed by atoms with Crippen LogP contribution in [0.15, 0.2) is 58.6 Å². The van der Waals surface area contributed by atoms with Gasteiger partial charge < -0.3 is 15.5 Å². The molecule has 0 spiro atoms. The van der Waals surface area contributed by atoms with E-state index >= 15 is 0 Å². The van der Waals surface area contributed by atoms with Crippen molar-refractivity contribution in [2.45, 2.75) is 59.4 Å². The molecule has 6 heteroatoms. The normalized spacial score (nSPS) is 14.0. The van der Waals surface area contributed by atoms with Gasteiger partial charge in [-0.2, -0.15) is 0 Å². The van der Waals surface area contributed by atoms with E-state index in [1.165, 1.54) is 23.8 Å². The summed E-state index contributed by atoms with van der Waals surface area (Å²) in [4.78, 5) is 23.8. The minimum atomic E-state index is -1.10. The Balaban J connectivity index is 2.63. The van der Waals surface area contributed by atoms with Gasteiger partial charge >= 0.3 is 5.97 Å². The second-order valence-electron chi connectivity index (χ2n) is 8.18. The van der Waals surface area contributed by atoms with E-state index in [0.717, 1.165) is 29.3 Å². The summed E-state index contributed by atoms with van der Waals surface area (Å²) in [6.07, 6.45) is 10.4. The first-order valence-electron chi connectivity index (χ1n) is 9.97. The molecular formula is C24H32BrNO4. The lowest BCUT2D eigenvalue weighted by molar-refractivity contribution is -0.141. The van der Waals surface area contributed by atoms with Crippen molar-refractivity contribution in [3.8, 4) is 5.75 Å². The quantitative estimate of drug-likeness (QED) is 0.290. The van der Waals surface area contributed by atoms with Crippen LogP contribution in [0.5, 0.6) is 5.75 Å². The summed E-state index contributed by atoms with van der Waals surface area (Å²) in [6, 6.07) is 5.22. The Bertz CT molecular complexity index is 803. The number of carbonyl (C=O) groups excluding carboxylic acids is 1. The number of nitrogens with one attached hydrogen (secondary N) is 1. The van der Waals surface area contributed by atoms with Crippen LogP contribution in [0.2, 0.25) is 0 Å². The highest BCUT2D eigenvalue weighted by Crippen LogP contribution is 2.24. The summed E-state index contributed by atoms with van der Waals surface area (Å²) in [5, 5.41) is 21.3. The highest BCUT2D eigenvalue weighted by molar-refractivity contribution is 9.11. The molecule has 0 saturated carbocycles. The minimum absolute atomic E-state index is 0.110. The SMILES string of the molecule is C/C(Br)=C\CC/C(C)=C/CC(C)(C)/C=C/C(=O)N[C@@H](Cc1ccc(O)cc1)C(=O)O. The average molecular weight is 478 g/mol. The van der Waals surface area contributed by atoms with Gasteiger partial charge in [-0.05, 0) is 66.8 Å². The Morgan fingerprint density at radius 3 is 2.37 bits per heavy atom. The predicted molar refractivity (Wildman–Crippen MR) is 125 cm³/mol. The highest BCUT2D eigenvalue weighted by atomic mass is 79.9. The molecule has 5 nitrogen and oxygen atoms in total. The summed E-state index contributed by atoms with van der Waals surface area (Å²) in [5.41, 5.74) is 1.79. The van der Waals surface area contributed by atoms with E-state index in [2.05, 4.69) is 40.3 Å². The van der Waals surface area contributed by atoms with Gasteiger partial charge in [0.1, 0.15) is 11.8 Å². The van der Waals surface area contributed by atoms with Crippen molar-refractivity contribution in [2.24, 2.45) is 5.41 Å². The van der Waals surface area contributed by atoms with Gasteiger partial charge in [0.25, 0.3) is 0 Å². The smallest absolute Gasteiger partial charge is 0.326 e. The average Bonchev–Trinajstić information content (AvgIpc) is 2.66. The van der Waals surface area contributed by atoms with Crippen LogP contribution in [0.3, 0.4) is 0 Å². The number of phenols is 1. The topological polar surface area (TPSA) is 86.6 Å². The van der Waals surface area contributed by atoms with Gasteiger partial charge in [-0.15, -0.1) is 0 Å².